The van der Waals surface area contributed by atoms with Gasteiger partial charge in [0, 0.05) is 44.1 Å². The second kappa shape index (κ2) is 6.99. The number of ether oxygens (including phenoxy) is 1. The third kappa shape index (κ3) is 3.14. The number of aromatic nitrogens is 5. The summed E-state index contributed by atoms with van der Waals surface area (Å²) in [6, 6.07) is 1.82. The zero-order valence-electron chi connectivity index (χ0n) is 15.7. The highest BCUT2D eigenvalue weighted by Gasteiger charge is 2.30. The van der Waals surface area contributed by atoms with Crippen molar-refractivity contribution in [2.24, 2.45) is 7.05 Å². The van der Waals surface area contributed by atoms with Crippen LogP contribution in [0.5, 0.6) is 0 Å². The first-order valence-electron chi connectivity index (χ1n) is 8.84. The van der Waals surface area contributed by atoms with Crippen molar-refractivity contribution in [2.45, 2.75) is 26.4 Å². The Balaban J connectivity index is 1.66. The maximum absolute atomic E-state index is 12.9. The van der Waals surface area contributed by atoms with Gasteiger partial charge in [0.15, 0.2) is 12.1 Å². The Kier molecular flexibility index (Phi) is 4.53. The molecule has 0 atom stereocenters. The fourth-order valence-electron chi connectivity index (χ4n) is 3.39. The Bertz CT molecular complexity index is 937. The molecule has 0 N–H and O–H groups in total. The largest absolute Gasteiger partial charge is 0.451 e. The number of carbonyl (C=O) groups excluding carboxylic acids is 1. The van der Waals surface area contributed by atoms with E-state index < -0.39 is 0 Å². The Morgan fingerprint density at radius 1 is 1.37 bits per heavy atom. The van der Waals surface area contributed by atoms with Gasteiger partial charge in [0.2, 0.25) is 0 Å². The Morgan fingerprint density at radius 3 is 2.89 bits per heavy atom. The summed E-state index contributed by atoms with van der Waals surface area (Å²) in [6.07, 6.45) is 3.69. The van der Waals surface area contributed by atoms with Crippen molar-refractivity contribution in [1.82, 2.24) is 29.4 Å². The number of methoxy groups -OCH3 is 1. The van der Waals surface area contributed by atoms with Crippen molar-refractivity contribution in [3.05, 3.63) is 41.4 Å². The molecule has 142 valence electrons. The molecule has 0 bridgehead atoms. The van der Waals surface area contributed by atoms with Gasteiger partial charge in [-0.15, -0.1) is 0 Å². The molecular weight excluding hydrogens is 348 g/mol. The molecule has 1 amide bonds. The highest BCUT2D eigenvalue weighted by atomic mass is 16.5. The Morgan fingerprint density at radius 2 is 2.22 bits per heavy atom. The Hall–Kier alpha value is -2.94. The molecule has 3 aromatic rings. The van der Waals surface area contributed by atoms with E-state index in [0.717, 1.165) is 29.1 Å². The number of nitrogens with zero attached hydrogens (tertiary/aromatic N) is 6. The van der Waals surface area contributed by atoms with Gasteiger partial charge in [-0.25, -0.2) is 4.98 Å². The van der Waals surface area contributed by atoms with Gasteiger partial charge in [0.05, 0.1) is 19.7 Å². The van der Waals surface area contributed by atoms with Gasteiger partial charge < -0.3 is 14.1 Å². The SMILES string of the molecule is COCCn1nc(-c2cocn2)c2c1CCN(C(=O)c1cc(C)n(C)n1)C2. The molecule has 9 nitrogen and oxygen atoms in total. The number of rotatable bonds is 5. The predicted molar refractivity (Wildman–Crippen MR) is 96.0 cm³/mol. The lowest BCUT2D eigenvalue weighted by Gasteiger charge is -2.27. The first-order chi connectivity index (χ1) is 13.1. The average molecular weight is 370 g/mol. The molecule has 0 saturated carbocycles. The second-order valence-electron chi connectivity index (χ2n) is 6.63. The zero-order chi connectivity index (χ0) is 19.0. The van der Waals surface area contributed by atoms with Gasteiger partial charge >= 0.3 is 0 Å². The molecule has 0 radical (unpaired) electrons. The third-order valence-corrected chi connectivity index (χ3v) is 4.94. The molecule has 1 aliphatic heterocycles. The van der Waals surface area contributed by atoms with E-state index in [4.69, 9.17) is 14.3 Å². The van der Waals surface area contributed by atoms with Crippen molar-refractivity contribution < 1.29 is 13.9 Å². The van der Waals surface area contributed by atoms with Crippen LogP contribution in [0.3, 0.4) is 0 Å². The highest BCUT2D eigenvalue weighted by Crippen LogP contribution is 2.30. The standard InChI is InChI=1S/C18H22N6O3/c1-12-8-14(20-22(12)2)18(25)23-5-4-16-13(9-23)17(15-10-27-11-19-15)21-24(16)6-7-26-3/h8,10-11H,4-7,9H2,1-3H3. The fraction of sp³-hybridized carbons (Fsp3) is 0.444. The molecule has 27 heavy (non-hydrogen) atoms. The number of fused-ring (bicyclic) bond motifs is 1. The van der Waals surface area contributed by atoms with Crippen LogP contribution >= 0.6 is 0 Å². The summed E-state index contributed by atoms with van der Waals surface area (Å²) in [5, 5.41) is 9.03. The summed E-state index contributed by atoms with van der Waals surface area (Å²) in [4.78, 5) is 19.0. The van der Waals surface area contributed by atoms with Crippen LogP contribution in [0.25, 0.3) is 11.4 Å². The summed E-state index contributed by atoms with van der Waals surface area (Å²) >= 11 is 0. The molecule has 3 aromatic heterocycles. The molecule has 1 aliphatic rings. The molecule has 0 unspecified atom stereocenters. The van der Waals surface area contributed by atoms with Crippen LogP contribution in [0.4, 0.5) is 0 Å². The van der Waals surface area contributed by atoms with E-state index >= 15 is 0 Å². The third-order valence-electron chi connectivity index (χ3n) is 4.94. The monoisotopic (exact) mass is 370 g/mol. The summed E-state index contributed by atoms with van der Waals surface area (Å²) < 4.78 is 14.0. The lowest BCUT2D eigenvalue weighted by molar-refractivity contribution is 0.0726. The number of aryl methyl sites for hydroxylation is 2. The van der Waals surface area contributed by atoms with Gasteiger partial charge in [-0.3, -0.25) is 14.2 Å². The minimum atomic E-state index is -0.0694. The van der Waals surface area contributed by atoms with Gasteiger partial charge in [0.25, 0.3) is 5.91 Å². The maximum Gasteiger partial charge on any atom is 0.274 e. The molecule has 4 heterocycles. The van der Waals surface area contributed by atoms with Crippen LogP contribution in [-0.4, -0.2) is 55.6 Å². The van der Waals surface area contributed by atoms with E-state index in [1.807, 2.05) is 29.6 Å². The van der Waals surface area contributed by atoms with Crippen LogP contribution in [0, 0.1) is 6.92 Å². The van der Waals surface area contributed by atoms with Crippen LogP contribution in [0.1, 0.15) is 27.4 Å². The van der Waals surface area contributed by atoms with Crippen molar-refractivity contribution in [1.29, 1.82) is 0 Å². The van der Waals surface area contributed by atoms with E-state index in [1.54, 1.807) is 18.1 Å². The van der Waals surface area contributed by atoms with E-state index in [2.05, 4.69) is 10.1 Å². The minimum absolute atomic E-state index is 0.0694. The van der Waals surface area contributed by atoms with E-state index in [-0.39, 0.29) is 5.91 Å². The number of hydrogen-bond acceptors (Lipinski definition) is 6. The van der Waals surface area contributed by atoms with Gasteiger partial charge in [-0.05, 0) is 13.0 Å². The number of hydrogen-bond donors (Lipinski definition) is 0. The molecule has 0 aromatic carbocycles. The molecule has 9 heteroatoms. The summed E-state index contributed by atoms with van der Waals surface area (Å²) in [5.41, 5.74) is 4.97. The first kappa shape index (κ1) is 17.5. The first-order valence-corrected chi connectivity index (χ1v) is 8.84. The highest BCUT2D eigenvalue weighted by molar-refractivity contribution is 5.92. The second-order valence-corrected chi connectivity index (χ2v) is 6.63. The quantitative estimate of drug-likeness (QED) is 0.675. The normalized spacial score (nSPS) is 13.8. The van der Waals surface area contributed by atoms with Gasteiger partial charge in [-0.2, -0.15) is 10.2 Å². The van der Waals surface area contributed by atoms with E-state index in [0.29, 0.717) is 37.6 Å². The fourth-order valence-corrected chi connectivity index (χ4v) is 3.39. The Labute approximate surface area is 156 Å². The predicted octanol–water partition coefficient (Wildman–Crippen LogP) is 1.42. The van der Waals surface area contributed by atoms with E-state index in [1.165, 1.54) is 6.39 Å². The molecule has 0 saturated heterocycles. The number of amides is 1. The molecular formula is C18H22N6O3. The maximum atomic E-state index is 12.9. The lowest BCUT2D eigenvalue weighted by Crippen LogP contribution is -2.36. The van der Waals surface area contributed by atoms with Crippen LogP contribution in [0.15, 0.2) is 23.1 Å². The summed E-state index contributed by atoms with van der Waals surface area (Å²) in [6.45, 7) is 4.25. The molecule has 0 spiro atoms. The summed E-state index contributed by atoms with van der Waals surface area (Å²) in [7, 11) is 3.51. The van der Waals surface area contributed by atoms with Crippen LogP contribution in [-0.2, 0) is 31.3 Å². The van der Waals surface area contributed by atoms with Crippen LogP contribution in [0.2, 0.25) is 0 Å². The van der Waals surface area contributed by atoms with Gasteiger partial charge in [0.1, 0.15) is 17.7 Å². The smallest absolute Gasteiger partial charge is 0.274 e. The topological polar surface area (TPSA) is 91.2 Å². The number of oxazole rings is 1. The van der Waals surface area contributed by atoms with E-state index in [9.17, 15) is 4.79 Å². The molecule has 0 aliphatic carbocycles. The molecule has 0 fully saturated rings. The minimum Gasteiger partial charge on any atom is -0.451 e. The van der Waals surface area contributed by atoms with Crippen molar-refractivity contribution in [2.75, 3.05) is 20.3 Å². The van der Waals surface area contributed by atoms with Crippen molar-refractivity contribution in [3.8, 4) is 11.4 Å². The van der Waals surface area contributed by atoms with Crippen molar-refractivity contribution >= 4 is 5.91 Å². The van der Waals surface area contributed by atoms with Gasteiger partial charge in [-0.1, -0.05) is 0 Å². The molecule has 4 rings (SSSR count). The summed E-state index contributed by atoms with van der Waals surface area (Å²) in [5.74, 6) is -0.0694. The number of carbonyl (C=O) groups is 1. The van der Waals surface area contributed by atoms with Crippen molar-refractivity contribution in [3.63, 3.8) is 0 Å². The average Bonchev–Trinajstić information content (AvgIpc) is 3.39. The van der Waals surface area contributed by atoms with Crippen LogP contribution < -0.4 is 0 Å². The lowest BCUT2D eigenvalue weighted by atomic mass is 10.0. The zero-order valence-corrected chi connectivity index (χ0v) is 15.7.